The largest absolute Gasteiger partial charge is 0.416 e. The maximum atomic E-state index is 12.5. The lowest BCUT2D eigenvalue weighted by Crippen LogP contribution is -2.26. The van der Waals surface area contributed by atoms with Crippen molar-refractivity contribution in [3.63, 3.8) is 0 Å². The number of amides is 1. The number of aryl methyl sites for hydroxylation is 1. The van der Waals surface area contributed by atoms with Crippen molar-refractivity contribution in [2.24, 2.45) is 0 Å². The van der Waals surface area contributed by atoms with Gasteiger partial charge in [-0.25, -0.2) is 9.97 Å². The van der Waals surface area contributed by atoms with E-state index >= 15 is 0 Å². The summed E-state index contributed by atoms with van der Waals surface area (Å²) < 4.78 is 37.5. The fraction of sp³-hybridized carbons (Fsp3) is 0.353. The van der Waals surface area contributed by atoms with Crippen LogP contribution in [0.2, 0.25) is 0 Å². The van der Waals surface area contributed by atoms with E-state index in [-0.39, 0.29) is 18.9 Å². The van der Waals surface area contributed by atoms with Crippen LogP contribution in [-0.4, -0.2) is 30.0 Å². The molecule has 0 saturated carbocycles. The van der Waals surface area contributed by atoms with Crippen molar-refractivity contribution in [2.75, 3.05) is 19.0 Å². The van der Waals surface area contributed by atoms with Crippen molar-refractivity contribution < 1.29 is 18.0 Å². The van der Waals surface area contributed by atoms with Gasteiger partial charge in [-0.3, -0.25) is 4.79 Å². The summed E-state index contributed by atoms with van der Waals surface area (Å²) in [6, 6.07) is 6.37. The van der Waals surface area contributed by atoms with Crippen molar-refractivity contribution in [3.05, 3.63) is 53.0 Å². The molecule has 2 aromatic rings. The predicted molar refractivity (Wildman–Crippen MR) is 88.1 cm³/mol. The van der Waals surface area contributed by atoms with E-state index in [1.807, 2.05) is 32.0 Å². The van der Waals surface area contributed by atoms with Crippen molar-refractivity contribution in [1.82, 2.24) is 15.3 Å². The molecule has 1 N–H and O–H groups in total. The van der Waals surface area contributed by atoms with E-state index in [4.69, 9.17) is 0 Å². The van der Waals surface area contributed by atoms with E-state index in [0.717, 1.165) is 23.6 Å². The molecular formula is C17H19F3N4O. The molecule has 25 heavy (non-hydrogen) atoms. The molecule has 1 aromatic carbocycles. The number of alkyl halides is 3. The first-order valence-corrected chi connectivity index (χ1v) is 7.60. The second kappa shape index (κ2) is 7.50. The van der Waals surface area contributed by atoms with Gasteiger partial charge >= 0.3 is 6.18 Å². The van der Waals surface area contributed by atoms with E-state index in [2.05, 4.69) is 15.3 Å². The molecule has 0 aliphatic rings. The summed E-state index contributed by atoms with van der Waals surface area (Å²) >= 11 is 0. The summed E-state index contributed by atoms with van der Waals surface area (Å²) in [5.74, 6) is 0.903. The number of anilines is 1. The molecule has 0 atom stereocenters. The Labute approximate surface area is 143 Å². The highest BCUT2D eigenvalue weighted by Crippen LogP contribution is 2.29. The van der Waals surface area contributed by atoms with Gasteiger partial charge < -0.3 is 10.2 Å². The topological polar surface area (TPSA) is 58.1 Å². The molecule has 0 aliphatic heterocycles. The molecule has 0 aliphatic carbocycles. The number of benzene rings is 1. The van der Waals surface area contributed by atoms with Gasteiger partial charge in [0, 0.05) is 25.9 Å². The monoisotopic (exact) mass is 352 g/mol. The van der Waals surface area contributed by atoms with Crippen LogP contribution in [0.25, 0.3) is 0 Å². The maximum absolute atomic E-state index is 12.5. The van der Waals surface area contributed by atoms with Gasteiger partial charge in [0.1, 0.15) is 11.6 Å². The van der Waals surface area contributed by atoms with Gasteiger partial charge in [0.2, 0.25) is 5.91 Å². The van der Waals surface area contributed by atoms with Crippen molar-refractivity contribution in [1.29, 1.82) is 0 Å². The van der Waals surface area contributed by atoms with Crippen LogP contribution in [0.15, 0.2) is 30.3 Å². The predicted octanol–water partition coefficient (Wildman–Crippen LogP) is 2.73. The normalized spacial score (nSPS) is 11.3. The highest BCUT2D eigenvalue weighted by Gasteiger charge is 2.29. The molecule has 1 amide bonds. The average Bonchev–Trinajstić information content (AvgIpc) is 2.52. The Morgan fingerprint density at radius 2 is 1.80 bits per heavy atom. The third-order valence-corrected chi connectivity index (χ3v) is 3.43. The van der Waals surface area contributed by atoms with Crippen LogP contribution in [0.1, 0.15) is 22.6 Å². The summed E-state index contributed by atoms with van der Waals surface area (Å²) in [4.78, 5) is 22.4. The van der Waals surface area contributed by atoms with Crippen LogP contribution >= 0.6 is 0 Å². The zero-order valence-electron chi connectivity index (χ0n) is 14.2. The van der Waals surface area contributed by atoms with Gasteiger partial charge in [-0.15, -0.1) is 0 Å². The fourth-order valence-corrected chi connectivity index (χ4v) is 2.16. The van der Waals surface area contributed by atoms with Gasteiger partial charge in [-0.2, -0.15) is 13.2 Å². The van der Waals surface area contributed by atoms with Crippen LogP contribution in [0, 0.1) is 6.92 Å². The number of nitrogens with zero attached hydrogens (tertiary/aromatic N) is 3. The number of aromatic nitrogens is 2. The van der Waals surface area contributed by atoms with Crippen LogP contribution < -0.4 is 10.2 Å². The Morgan fingerprint density at radius 3 is 2.36 bits per heavy atom. The van der Waals surface area contributed by atoms with Gasteiger partial charge in [-0.05, 0) is 24.6 Å². The molecule has 1 aromatic heterocycles. The highest BCUT2D eigenvalue weighted by atomic mass is 19.4. The van der Waals surface area contributed by atoms with E-state index in [1.54, 1.807) is 0 Å². The number of carbonyl (C=O) groups is 1. The first-order valence-electron chi connectivity index (χ1n) is 7.60. The Morgan fingerprint density at radius 1 is 1.16 bits per heavy atom. The molecule has 1 heterocycles. The quantitative estimate of drug-likeness (QED) is 0.899. The Bertz CT molecular complexity index is 743. The molecule has 2 rings (SSSR count). The zero-order valence-corrected chi connectivity index (χ0v) is 14.2. The lowest BCUT2D eigenvalue weighted by molar-refractivity contribution is -0.137. The molecule has 5 nitrogen and oxygen atoms in total. The number of hydrogen-bond acceptors (Lipinski definition) is 4. The van der Waals surface area contributed by atoms with Crippen LogP contribution in [0.4, 0.5) is 19.0 Å². The highest BCUT2D eigenvalue weighted by molar-refractivity contribution is 5.78. The molecule has 0 radical (unpaired) electrons. The second-order valence-electron chi connectivity index (χ2n) is 5.83. The average molecular weight is 352 g/mol. The fourth-order valence-electron chi connectivity index (χ4n) is 2.16. The SMILES string of the molecule is Cc1cc(N(C)C)nc(CNC(=O)Cc2ccc(C(F)(F)F)cc2)n1. The van der Waals surface area contributed by atoms with Crippen molar-refractivity contribution in [2.45, 2.75) is 26.1 Å². The van der Waals surface area contributed by atoms with Gasteiger partial charge in [0.15, 0.2) is 0 Å². The summed E-state index contributed by atoms with van der Waals surface area (Å²) in [7, 11) is 3.71. The zero-order chi connectivity index (χ0) is 18.6. The summed E-state index contributed by atoms with van der Waals surface area (Å²) in [6.07, 6.45) is -4.39. The third kappa shape index (κ3) is 5.44. The van der Waals surface area contributed by atoms with E-state index < -0.39 is 11.7 Å². The smallest absolute Gasteiger partial charge is 0.363 e. The molecule has 0 bridgehead atoms. The standard InChI is InChI=1S/C17H19F3N4O/c1-11-8-15(24(2)3)23-14(22-11)10-21-16(25)9-12-4-6-13(7-5-12)17(18,19)20/h4-8H,9-10H2,1-3H3,(H,21,25). The van der Waals surface area contributed by atoms with Gasteiger partial charge in [-0.1, -0.05) is 12.1 Å². The van der Waals surface area contributed by atoms with Crippen LogP contribution in [0.3, 0.4) is 0 Å². The molecule has 0 unspecified atom stereocenters. The Hall–Kier alpha value is -2.64. The minimum atomic E-state index is -4.38. The number of rotatable bonds is 5. The minimum Gasteiger partial charge on any atom is -0.363 e. The lowest BCUT2D eigenvalue weighted by Gasteiger charge is -2.13. The summed E-state index contributed by atoms with van der Waals surface area (Å²) in [6.45, 7) is 1.99. The van der Waals surface area contributed by atoms with Crippen LogP contribution in [0.5, 0.6) is 0 Å². The molecule has 8 heteroatoms. The third-order valence-electron chi connectivity index (χ3n) is 3.43. The van der Waals surface area contributed by atoms with E-state index in [9.17, 15) is 18.0 Å². The number of halogens is 3. The number of nitrogens with one attached hydrogen (secondary N) is 1. The molecular weight excluding hydrogens is 333 g/mol. The summed E-state index contributed by atoms with van der Waals surface area (Å²) in [5, 5.41) is 2.68. The number of carbonyl (C=O) groups excluding carboxylic acids is 1. The number of hydrogen-bond donors (Lipinski definition) is 1. The van der Waals surface area contributed by atoms with Crippen molar-refractivity contribution in [3.8, 4) is 0 Å². The minimum absolute atomic E-state index is 0.00943. The van der Waals surface area contributed by atoms with Gasteiger partial charge in [0.25, 0.3) is 0 Å². The van der Waals surface area contributed by atoms with E-state index in [1.165, 1.54) is 12.1 Å². The second-order valence-corrected chi connectivity index (χ2v) is 5.83. The maximum Gasteiger partial charge on any atom is 0.416 e. The Kier molecular flexibility index (Phi) is 5.61. The first-order chi connectivity index (χ1) is 11.6. The van der Waals surface area contributed by atoms with Crippen LogP contribution in [-0.2, 0) is 23.9 Å². The lowest BCUT2D eigenvalue weighted by atomic mass is 10.1. The first kappa shape index (κ1) is 18.7. The summed E-state index contributed by atoms with van der Waals surface area (Å²) in [5.41, 5.74) is 0.552. The van der Waals surface area contributed by atoms with E-state index in [0.29, 0.717) is 11.4 Å². The molecule has 0 spiro atoms. The molecule has 134 valence electrons. The Balaban J connectivity index is 1.95. The molecule has 0 saturated heterocycles. The molecule has 0 fully saturated rings. The van der Waals surface area contributed by atoms with Gasteiger partial charge in [0.05, 0.1) is 18.5 Å². The van der Waals surface area contributed by atoms with Crippen molar-refractivity contribution >= 4 is 11.7 Å².